The topological polar surface area (TPSA) is 72.2 Å². The summed E-state index contributed by atoms with van der Waals surface area (Å²) in [7, 11) is 0. The summed E-state index contributed by atoms with van der Waals surface area (Å²) < 4.78 is 25.6. The van der Waals surface area contributed by atoms with E-state index in [0.29, 0.717) is 6.07 Å². The fourth-order valence-electron chi connectivity index (χ4n) is 1.19. The molecular formula is C11H12F2N2O2. The smallest absolute Gasteiger partial charge is 0.243 e. The van der Waals surface area contributed by atoms with Crippen LogP contribution in [0.4, 0.5) is 8.78 Å². The Labute approximate surface area is 96.8 Å². The number of carbonyl (C=O) groups is 2. The van der Waals surface area contributed by atoms with E-state index in [-0.39, 0.29) is 12.0 Å². The molecule has 0 aliphatic rings. The van der Waals surface area contributed by atoms with E-state index in [9.17, 15) is 18.4 Å². The Bertz CT molecular complexity index is 427. The molecule has 0 bridgehead atoms. The van der Waals surface area contributed by atoms with E-state index in [2.05, 4.69) is 0 Å². The van der Waals surface area contributed by atoms with Crippen molar-refractivity contribution in [3.8, 4) is 0 Å². The van der Waals surface area contributed by atoms with Crippen molar-refractivity contribution >= 4 is 11.8 Å². The lowest BCUT2D eigenvalue weighted by molar-refractivity contribution is -0.130. The van der Waals surface area contributed by atoms with E-state index in [1.165, 1.54) is 6.92 Å². The molecule has 3 N–H and O–H groups in total. The molecule has 1 rings (SSSR count). The molecule has 0 aromatic heterocycles. The van der Waals surface area contributed by atoms with Crippen LogP contribution in [0.3, 0.4) is 0 Å². The fraction of sp³-hybridized carbons (Fsp3) is 0.273. The highest BCUT2D eigenvalue weighted by Gasteiger charge is 2.12. The number of rotatable bonds is 3. The van der Waals surface area contributed by atoms with Crippen molar-refractivity contribution in [3.63, 3.8) is 0 Å². The lowest BCUT2D eigenvalue weighted by Gasteiger charge is -2.06. The third kappa shape index (κ3) is 4.28. The minimum atomic E-state index is -0.816. The van der Waals surface area contributed by atoms with E-state index in [1.807, 2.05) is 5.32 Å². The Kier molecular flexibility index (Phi) is 4.28. The molecule has 0 fully saturated rings. The summed E-state index contributed by atoms with van der Waals surface area (Å²) in [6.45, 7) is 1.42. The van der Waals surface area contributed by atoms with Gasteiger partial charge in [-0.25, -0.2) is 8.78 Å². The largest absolute Gasteiger partial charge is 0.320 e. The third-order valence-electron chi connectivity index (χ3n) is 1.96. The Morgan fingerprint density at radius 2 is 1.82 bits per heavy atom. The molecular weight excluding hydrogens is 230 g/mol. The summed E-state index contributed by atoms with van der Waals surface area (Å²) in [5.41, 5.74) is 5.39. The second-order valence-electron chi connectivity index (χ2n) is 3.66. The van der Waals surface area contributed by atoms with Gasteiger partial charge in [0, 0.05) is 6.07 Å². The molecule has 0 saturated carbocycles. The third-order valence-corrected chi connectivity index (χ3v) is 1.96. The number of hydrogen-bond acceptors (Lipinski definition) is 3. The van der Waals surface area contributed by atoms with Gasteiger partial charge >= 0.3 is 0 Å². The molecule has 1 atom stereocenters. The molecule has 2 amide bonds. The van der Waals surface area contributed by atoms with Crippen LogP contribution >= 0.6 is 0 Å². The lowest BCUT2D eigenvalue weighted by Crippen LogP contribution is -2.42. The van der Waals surface area contributed by atoms with Gasteiger partial charge in [0.25, 0.3) is 0 Å². The Morgan fingerprint density at radius 1 is 1.29 bits per heavy atom. The first-order valence-electron chi connectivity index (χ1n) is 4.92. The van der Waals surface area contributed by atoms with Crippen molar-refractivity contribution in [1.29, 1.82) is 0 Å². The lowest BCUT2D eigenvalue weighted by atomic mass is 10.1. The average Bonchev–Trinajstić information content (AvgIpc) is 2.14. The molecule has 0 spiro atoms. The van der Waals surface area contributed by atoms with Crippen LogP contribution in [0.2, 0.25) is 0 Å². The van der Waals surface area contributed by atoms with Gasteiger partial charge in [-0.3, -0.25) is 14.9 Å². The first-order chi connectivity index (χ1) is 7.88. The number of nitrogens with one attached hydrogen (secondary N) is 1. The molecule has 92 valence electrons. The molecule has 1 aromatic rings. The van der Waals surface area contributed by atoms with Crippen molar-refractivity contribution in [3.05, 3.63) is 35.4 Å². The molecule has 0 aliphatic heterocycles. The van der Waals surface area contributed by atoms with E-state index in [1.54, 1.807) is 0 Å². The van der Waals surface area contributed by atoms with Crippen LogP contribution in [-0.4, -0.2) is 17.9 Å². The van der Waals surface area contributed by atoms with Crippen LogP contribution in [0, 0.1) is 11.6 Å². The maximum atomic E-state index is 12.8. The molecule has 6 heteroatoms. The number of halogens is 2. The van der Waals surface area contributed by atoms with Gasteiger partial charge in [-0.05, 0) is 24.6 Å². The monoisotopic (exact) mass is 242 g/mol. The van der Waals surface area contributed by atoms with Crippen LogP contribution in [-0.2, 0) is 16.0 Å². The highest BCUT2D eigenvalue weighted by Crippen LogP contribution is 2.08. The van der Waals surface area contributed by atoms with Gasteiger partial charge in [-0.1, -0.05) is 0 Å². The highest BCUT2D eigenvalue weighted by molar-refractivity contribution is 5.98. The summed E-state index contributed by atoms with van der Waals surface area (Å²) in [5.74, 6) is -2.83. The number of amides is 2. The van der Waals surface area contributed by atoms with Crippen LogP contribution in [0.5, 0.6) is 0 Å². The molecule has 4 nitrogen and oxygen atoms in total. The second-order valence-corrected chi connectivity index (χ2v) is 3.66. The van der Waals surface area contributed by atoms with Crippen LogP contribution in [0.25, 0.3) is 0 Å². The highest BCUT2D eigenvalue weighted by atomic mass is 19.1. The van der Waals surface area contributed by atoms with Gasteiger partial charge in [0.1, 0.15) is 11.6 Å². The fourth-order valence-corrected chi connectivity index (χ4v) is 1.19. The SMILES string of the molecule is C[C@H](N)C(=O)NC(=O)Cc1cc(F)cc(F)c1. The van der Waals surface area contributed by atoms with Crippen LogP contribution in [0.15, 0.2) is 18.2 Å². The van der Waals surface area contributed by atoms with E-state index in [0.717, 1.165) is 12.1 Å². The molecule has 0 heterocycles. The Morgan fingerprint density at radius 3 is 2.29 bits per heavy atom. The summed E-state index contributed by atoms with van der Waals surface area (Å²) in [6.07, 6.45) is -0.285. The molecule has 0 aliphatic carbocycles. The Hall–Kier alpha value is -1.82. The number of imide groups is 1. The number of nitrogens with two attached hydrogens (primary N) is 1. The van der Waals surface area contributed by atoms with E-state index >= 15 is 0 Å². The van der Waals surface area contributed by atoms with Gasteiger partial charge in [0.15, 0.2) is 0 Å². The van der Waals surface area contributed by atoms with Gasteiger partial charge in [0.05, 0.1) is 12.5 Å². The number of hydrogen-bond donors (Lipinski definition) is 2. The zero-order chi connectivity index (χ0) is 13.0. The predicted octanol–water partition coefficient (Wildman–Crippen LogP) is 0.497. The minimum absolute atomic E-state index is 0.150. The predicted molar refractivity (Wildman–Crippen MR) is 56.9 cm³/mol. The summed E-state index contributed by atoms with van der Waals surface area (Å²) in [6, 6.07) is 1.94. The normalized spacial score (nSPS) is 12.0. The van der Waals surface area contributed by atoms with Gasteiger partial charge in [-0.2, -0.15) is 0 Å². The summed E-state index contributed by atoms with van der Waals surface area (Å²) in [5, 5.41) is 2.02. The van der Waals surface area contributed by atoms with E-state index < -0.39 is 29.5 Å². The van der Waals surface area contributed by atoms with Gasteiger partial charge < -0.3 is 5.73 Å². The molecule has 1 aromatic carbocycles. The first-order valence-corrected chi connectivity index (χ1v) is 4.92. The minimum Gasteiger partial charge on any atom is -0.320 e. The molecule has 0 saturated heterocycles. The average molecular weight is 242 g/mol. The standard InChI is InChI=1S/C11H12F2N2O2/c1-6(14)11(17)15-10(16)4-7-2-8(12)5-9(13)3-7/h2-3,5-6H,4,14H2,1H3,(H,15,16,17)/t6-/m0/s1. The molecule has 0 unspecified atom stereocenters. The maximum absolute atomic E-state index is 12.8. The first kappa shape index (κ1) is 13.2. The van der Waals surface area contributed by atoms with Crippen LogP contribution < -0.4 is 11.1 Å². The van der Waals surface area contributed by atoms with Gasteiger partial charge in [-0.15, -0.1) is 0 Å². The summed E-state index contributed by atoms with van der Waals surface area (Å²) in [4.78, 5) is 22.4. The summed E-state index contributed by atoms with van der Waals surface area (Å²) >= 11 is 0. The number of carbonyl (C=O) groups excluding carboxylic acids is 2. The van der Waals surface area contributed by atoms with Crippen molar-refractivity contribution in [2.45, 2.75) is 19.4 Å². The maximum Gasteiger partial charge on any atom is 0.243 e. The zero-order valence-electron chi connectivity index (χ0n) is 9.17. The van der Waals surface area contributed by atoms with E-state index in [4.69, 9.17) is 5.73 Å². The Balaban J connectivity index is 2.65. The van der Waals surface area contributed by atoms with Crippen molar-refractivity contribution < 1.29 is 18.4 Å². The zero-order valence-corrected chi connectivity index (χ0v) is 9.17. The van der Waals surface area contributed by atoms with Crippen molar-refractivity contribution in [1.82, 2.24) is 5.32 Å². The van der Waals surface area contributed by atoms with Crippen LogP contribution in [0.1, 0.15) is 12.5 Å². The van der Waals surface area contributed by atoms with Crippen molar-refractivity contribution in [2.24, 2.45) is 5.73 Å². The van der Waals surface area contributed by atoms with Gasteiger partial charge in [0.2, 0.25) is 11.8 Å². The number of benzene rings is 1. The van der Waals surface area contributed by atoms with Crippen molar-refractivity contribution in [2.75, 3.05) is 0 Å². The molecule has 0 radical (unpaired) electrons. The molecule has 17 heavy (non-hydrogen) atoms. The quantitative estimate of drug-likeness (QED) is 0.810. The second kappa shape index (κ2) is 5.49.